The first kappa shape index (κ1) is 17.4. The molecule has 22 heavy (non-hydrogen) atoms. The first-order chi connectivity index (χ1) is 10.8. The summed E-state index contributed by atoms with van der Waals surface area (Å²) in [5.74, 6) is 0. The third kappa shape index (κ3) is 6.44. The van der Waals surface area contributed by atoms with E-state index in [4.69, 9.17) is 5.73 Å². The Balaban J connectivity index is 1.55. The molecule has 1 heterocycles. The minimum atomic E-state index is 0.813. The molecule has 0 amide bonds. The van der Waals surface area contributed by atoms with Gasteiger partial charge in [0.1, 0.15) is 0 Å². The normalized spacial score (nSPS) is 17.2. The summed E-state index contributed by atoms with van der Waals surface area (Å²) in [6.45, 7) is 10.3. The lowest BCUT2D eigenvalue weighted by atomic mass is 10.2. The molecule has 0 atom stereocenters. The summed E-state index contributed by atoms with van der Waals surface area (Å²) >= 11 is 0. The van der Waals surface area contributed by atoms with Gasteiger partial charge in [0.05, 0.1) is 0 Å². The fourth-order valence-corrected chi connectivity index (χ4v) is 3.09. The number of nitrogens with zero attached hydrogens (tertiary/aromatic N) is 3. The number of rotatable bonds is 9. The highest BCUT2D eigenvalue weighted by Gasteiger charge is 2.15. The van der Waals surface area contributed by atoms with Crippen molar-refractivity contribution >= 4 is 0 Å². The Hall–Kier alpha value is -0.940. The van der Waals surface area contributed by atoms with Crippen molar-refractivity contribution in [1.29, 1.82) is 0 Å². The van der Waals surface area contributed by atoms with Crippen LogP contribution in [0.4, 0.5) is 0 Å². The Morgan fingerprint density at radius 3 is 2.14 bits per heavy atom. The van der Waals surface area contributed by atoms with Gasteiger partial charge in [-0.3, -0.25) is 0 Å². The van der Waals surface area contributed by atoms with Gasteiger partial charge in [0, 0.05) is 32.7 Å². The van der Waals surface area contributed by atoms with E-state index in [1.807, 2.05) is 0 Å². The van der Waals surface area contributed by atoms with Gasteiger partial charge in [-0.2, -0.15) is 0 Å². The average molecular weight is 304 g/mol. The van der Waals surface area contributed by atoms with Crippen LogP contribution in [-0.4, -0.2) is 74.1 Å². The molecule has 124 valence electrons. The third-order valence-electron chi connectivity index (χ3n) is 4.45. The molecule has 2 N–H and O–H groups in total. The minimum absolute atomic E-state index is 0.813. The highest BCUT2D eigenvalue weighted by molar-refractivity contribution is 5.14. The van der Waals surface area contributed by atoms with Crippen molar-refractivity contribution in [3.8, 4) is 0 Å². The van der Waals surface area contributed by atoms with Crippen LogP contribution in [0.25, 0.3) is 0 Å². The molecule has 0 radical (unpaired) electrons. The largest absolute Gasteiger partial charge is 0.330 e. The monoisotopic (exact) mass is 304 g/mol. The van der Waals surface area contributed by atoms with E-state index in [9.17, 15) is 0 Å². The molecule has 4 heteroatoms. The van der Waals surface area contributed by atoms with Gasteiger partial charge in [-0.1, -0.05) is 30.3 Å². The Bertz CT molecular complexity index is 387. The van der Waals surface area contributed by atoms with E-state index in [0.717, 1.165) is 19.5 Å². The van der Waals surface area contributed by atoms with E-state index in [1.165, 1.54) is 57.8 Å². The van der Waals surface area contributed by atoms with E-state index in [0.29, 0.717) is 0 Å². The Kier molecular flexibility index (Phi) is 7.88. The SMILES string of the molecule is CN(CCCN1CCN(CCCN)CC1)Cc1ccccc1. The van der Waals surface area contributed by atoms with Crippen LogP contribution in [0, 0.1) is 0 Å². The van der Waals surface area contributed by atoms with Crippen LogP contribution in [0.2, 0.25) is 0 Å². The van der Waals surface area contributed by atoms with E-state index in [1.54, 1.807) is 0 Å². The molecule has 0 saturated carbocycles. The second kappa shape index (κ2) is 9.95. The predicted octanol–water partition coefficient (Wildman–Crippen LogP) is 1.47. The van der Waals surface area contributed by atoms with Crippen LogP contribution in [0.15, 0.2) is 30.3 Å². The molecule has 1 aliphatic rings. The predicted molar refractivity (Wildman–Crippen MR) is 93.9 cm³/mol. The molecule has 2 rings (SSSR count). The third-order valence-corrected chi connectivity index (χ3v) is 4.45. The summed E-state index contributed by atoms with van der Waals surface area (Å²) in [4.78, 5) is 7.58. The fraction of sp³-hybridized carbons (Fsp3) is 0.667. The zero-order valence-electron chi connectivity index (χ0n) is 14.1. The second-order valence-corrected chi connectivity index (χ2v) is 6.40. The van der Waals surface area contributed by atoms with Crippen LogP contribution in [0.1, 0.15) is 18.4 Å². The van der Waals surface area contributed by atoms with Gasteiger partial charge in [-0.25, -0.2) is 0 Å². The number of benzene rings is 1. The molecule has 0 spiro atoms. The Labute approximate surface area is 135 Å². The molecule has 0 unspecified atom stereocenters. The molecule has 1 aliphatic heterocycles. The van der Waals surface area contributed by atoms with Crippen LogP contribution < -0.4 is 5.73 Å². The summed E-state index contributed by atoms with van der Waals surface area (Å²) in [5, 5.41) is 0. The van der Waals surface area contributed by atoms with Crippen LogP contribution in [0.5, 0.6) is 0 Å². The molecular weight excluding hydrogens is 272 g/mol. The molecule has 0 aromatic heterocycles. The van der Waals surface area contributed by atoms with Crippen LogP contribution in [0.3, 0.4) is 0 Å². The first-order valence-electron chi connectivity index (χ1n) is 8.65. The summed E-state index contributed by atoms with van der Waals surface area (Å²) in [6.07, 6.45) is 2.39. The van der Waals surface area contributed by atoms with Crippen molar-refractivity contribution in [2.24, 2.45) is 5.73 Å². The van der Waals surface area contributed by atoms with Gasteiger partial charge >= 0.3 is 0 Å². The summed E-state index contributed by atoms with van der Waals surface area (Å²) < 4.78 is 0. The molecule has 4 nitrogen and oxygen atoms in total. The number of hydrogen-bond acceptors (Lipinski definition) is 4. The zero-order valence-corrected chi connectivity index (χ0v) is 14.1. The average Bonchev–Trinajstić information content (AvgIpc) is 2.55. The lowest BCUT2D eigenvalue weighted by Crippen LogP contribution is -2.47. The van der Waals surface area contributed by atoms with E-state index < -0.39 is 0 Å². The van der Waals surface area contributed by atoms with Crippen molar-refractivity contribution in [2.45, 2.75) is 19.4 Å². The summed E-state index contributed by atoms with van der Waals surface area (Å²) in [6, 6.07) is 10.7. The molecule has 0 bridgehead atoms. The fourth-order valence-electron chi connectivity index (χ4n) is 3.09. The maximum atomic E-state index is 5.58. The van der Waals surface area contributed by atoms with Gasteiger partial charge < -0.3 is 20.4 Å². The standard InChI is InChI=1S/C18H32N4/c1-20(17-18-7-3-2-4-8-18)10-6-12-22-15-13-21(14-16-22)11-5-9-19/h2-4,7-8H,5-6,9-17,19H2,1H3. The molecule has 1 aromatic carbocycles. The second-order valence-electron chi connectivity index (χ2n) is 6.40. The van der Waals surface area contributed by atoms with E-state index in [2.05, 4.69) is 52.1 Å². The van der Waals surface area contributed by atoms with Crippen molar-refractivity contribution in [3.05, 3.63) is 35.9 Å². The van der Waals surface area contributed by atoms with Crippen LogP contribution >= 0.6 is 0 Å². The lowest BCUT2D eigenvalue weighted by molar-refractivity contribution is 0.127. The Morgan fingerprint density at radius 1 is 0.955 bits per heavy atom. The Morgan fingerprint density at radius 2 is 1.55 bits per heavy atom. The molecule has 0 aliphatic carbocycles. The van der Waals surface area contributed by atoms with Gasteiger partial charge in [0.15, 0.2) is 0 Å². The van der Waals surface area contributed by atoms with Crippen molar-refractivity contribution < 1.29 is 0 Å². The van der Waals surface area contributed by atoms with Crippen LogP contribution in [-0.2, 0) is 6.54 Å². The van der Waals surface area contributed by atoms with Gasteiger partial charge in [-0.05, 0) is 51.6 Å². The molecule has 1 aromatic rings. The topological polar surface area (TPSA) is 35.7 Å². The maximum Gasteiger partial charge on any atom is 0.0230 e. The zero-order chi connectivity index (χ0) is 15.6. The summed E-state index contributed by atoms with van der Waals surface area (Å²) in [7, 11) is 2.22. The molecule has 1 fully saturated rings. The quantitative estimate of drug-likeness (QED) is 0.749. The smallest absolute Gasteiger partial charge is 0.0230 e. The number of hydrogen-bond donors (Lipinski definition) is 1. The highest BCUT2D eigenvalue weighted by atomic mass is 15.3. The first-order valence-corrected chi connectivity index (χ1v) is 8.65. The number of piperazine rings is 1. The van der Waals surface area contributed by atoms with Gasteiger partial charge in [0.2, 0.25) is 0 Å². The van der Waals surface area contributed by atoms with E-state index >= 15 is 0 Å². The van der Waals surface area contributed by atoms with Gasteiger partial charge in [-0.15, -0.1) is 0 Å². The highest BCUT2D eigenvalue weighted by Crippen LogP contribution is 2.05. The van der Waals surface area contributed by atoms with Gasteiger partial charge in [0.25, 0.3) is 0 Å². The summed E-state index contributed by atoms with van der Waals surface area (Å²) in [5.41, 5.74) is 6.98. The minimum Gasteiger partial charge on any atom is -0.330 e. The molecular formula is C18H32N4. The van der Waals surface area contributed by atoms with Crippen molar-refractivity contribution in [2.75, 3.05) is 59.4 Å². The maximum absolute atomic E-state index is 5.58. The van der Waals surface area contributed by atoms with Crippen molar-refractivity contribution in [3.63, 3.8) is 0 Å². The number of nitrogens with two attached hydrogens (primary N) is 1. The van der Waals surface area contributed by atoms with E-state index in [-0.39, 0.29) is 0 Å². The molecule has 1 saturated heterocycles. The van der Waals surface area contributed by atoms with Crippen molar-refractivity contribution in [1.82, 2.24) is 14.7 Å². The lowest BCUT2D eigenvalue weighted by Gasteiger charge is -2.34.